The molecule has 1 N–H and O–H groups in total. The van der Waals surface area contributed by atoms with Crippen LogP contribution in [0, 0.1) is 12.3 Å². The lowest BCUT2D eigenvalue weighted by molar-refractivity contribution is 0.121. The number of anilines is 1. The van der Waals surface area contributed by atoms with Crippen LogP contribution in [-0.2, 0) is 0 Å². The number of aliphatic hydroxyl groups excluding tert-OH is 1. The molecule has 0 fully saturated rings. The SMILES string of the molecule is CCC(CC)(CO)CN(C)c1cccc(C)c1. The van der Waals surface area contributed by atoms with Gasteiger partial charge in [-0.15, -0.1) is 0 Å². The minimum Gasteiger partial charge on any atom is -0.396 e. The Labute approximate surface area is 105 Å². The smallest absolute Gasteiger partial charge is 0.0504 e. The van der Waals surface area contributed by atoms with Gasteiger partial charge in [-0.2, -0.15) is 0 Å². The first kappa shape index (κ1) is 14.0. The van der Waals surface area contributed by atoms with E-state index in [1.807, 2.05) is 0 Å². The van der Waals surface area contributed by atoms with E-state index in [1.165, 1.54) is 11.3 Å². The van der Waals surface area contributed by atoms with Gasteiger partial charge in [0.1, 0.15) is 0 Å². The highest BCUT2D eigenvalue weighted by Gasteiger charge is 2.27. The fourth-order valence-electron chi connectivity index (χ4n) is 2.21. The summed E-state index contributed by atoms with van der Waals surface area (Å²) in [6.07, 6.45) is 2.02. The molecule has 0 unspecified atom stereocenters. The van der Waals surface area contributed by atoms with Gasteiger partial charge in [0.15, 0.2) is 0 Å². The summed E-state index contributed by atoms with van der Waals surface area (Å²) in [6, 6.07) is 8.50. The Morgan fingerprint density at radius 3 is 2.35 bits per heavy atom. The minimum atomic E-state index is 0.0263. The molecule has 1 aromatic carbocycles. The summed E-state index contributed by atoms with van der Waals surface area (Å²) < 4.78 is 0. The molecule has 0 bridgehead atoms. The molecule has 0 aliphatic rings. The molecule has 1 rings (SSSR count). The van der Waals surface area contributed by atoms with Gasteiger partial charge in [-0.25, -0.2) is 0 Å². The lowest BCUT2D eigenvalue weighted by Gasteiger charge is -2.35. The molecule has 0 saturated carbocycles. The van der Waals surface area contributed by atoms with Crippen LogP contribution in [0.5, 0.6) is 0 Å². The number of hydrogen-bond donors (Lipinski definition) is 1. The van der Waals surface area contributed by atoms with E-state index in [1.54, 1.807) is 0 Å². The highest BCUT2D eigenvalue weighted by Crippen LogP contribution is 2.28. The van der Waals surface area contributed by atoms with Crippen molar-refractivity contribution in [3.63, 3.8) is 0 Å². The normalized spacial score (nSPS) is 11.6. The van der Waals surface area contributed by atoms with E-state index in [0.717, 1.165) is 19.4 Å². The van der Waals surface area contributed by atoms with Crippen molar-refractivity contribution >= 4 is 5.69 Å². The predicted molar refractivity (Wildman–Crippen MR) is 74.5 cm³/mol. The van der Waals surface area contributed by atoms with Crippen molar-refractivity contribution in [2.24, 2.45) is 5.41 Å². The Hall–Kier alpha value is -1.02. The van der Waals surface area contributed by atoms with E-state index in [4.69, 9.17) is 0 Å². The Morgan fingerprint density at radius 2 is 1.88 bits per heavy atom. The minimum absolute atomic E-state index is 0.0263. The molecule has 96 valence electrons. The van der Waals surface area contributed by atoms with Crippen LogP contribution in [0.15, 0.2) is 24.3 Å². The van der Waals surface area contributed by atoms with E-state index in [0.29, 0.717) is 0 Å². The van der Waals surface area contributed by atoms with Crippen molar-refractivity contribution in [3.05, 3.63) is 29.8 Å². The Bertz CT molecular complexity index is 336. The monoisotopic (exact) mass is 235 g/mol. The standard InChI is InChI=1S/C15H25NO/c1-5-15(6-2,12-17)11-16(4)14-9-7-8-13(3)10-14/h7-10,17H,5-6,11-12H2,1-4H3. The van der Waals surface area contributed by atoms with E-state index in [2.05, 4.69) is 57.0 Å². The zero-order valence-electron chi connectivity index (χ0n) is 11.5. The third-order valence-electron chi connectivity index (χ3n) is 3.85. The van der Waals surface area contributed by atoms with Crippen molar-refractivity contribution in [2.45, 2.75) is 33.6 Å². The van der Waals surface area contributed by atoms with Crippen LogP contribution in [-0.4, -0.2) is 25.3 Å². The van der Waals surface area contributed by atoms with Crippen LogP contribution < -0.4 is 4.90 Å². The third-order valence-corrected chi connectivity index (χ3v) is 3.85. The second kappa shape index (κ2) is 6.06. The summed E-state index contributed by atoms with van der Waals surface area (Å²) in [5.74, 6) is 0. The lowest BCUT2D eigenvalue weighted by atomic mass is 9.82. The molecular formula is C15H25NO. The first-order valence-electron chi connectivity index (χ1n) is 6.45. The van der Waals surface area contributed by atoms with Gasteiger partial charge < -0.3 is 10.0 Å². The van der Waals surface area contributed by atoms with Crippen molar-refractivity contribution < 1.29 is 5.11 Å². The van der Waals surface area contributed by atoms with Crippen LogP contribution in [0.25, 0.3) is 0 Å². The summed E-state index contributed by atoms with van der Waals surface area (Å²) in [6.45, 7) is 7.58. The van der Waals surface area contributed by atoms with Crippen molar-refractivity contribution in [3.8, 4) is 0 Å². The predicted octanol–water partition coefficient (Wildman–Crippen LogP) is 3.23. The summed E-state index contributed by atoms with van der Waals surface area (Å²) in [5.41, 5.74) is 2.53. The van der Waals surface area contributed by atoms with E-state index in [-0.39, 0.29) is 12.0 Å². The van der Waals surface area contributed by atoms with Gasteiger partial charge >= 0.3 is 0 Å². The number of rotatable bonds is 6. The highest BCUT2D eigenvalue weighted by molar-refractivity contribution is 5.47. The number of hydrogen-bond acceptors (Lipinski definition) is 2. The molecule has 0 aliphatic heterocycles. The largest absolute Gasteiger partial charge is 0.396 e. The average molecular weight is 235 g/mol. The summed E-state index contributed by atoms with van der Waals surface area (Å²) in [7, 11) is 2.10. The van der Waals surface area contributed by atoms with Crippen molar-refractivity contribution in [2.75, 3.05) is 25.1 Å². The number of aliphatic hydroxyl groups is 1. The lowest BCUT2D eigenvalue weighted by Crippen LogP contribution is -2.37. The summed E-state index contributed by atoms with van der Waals surface area (Å²) in [4.78, 5) is 2.25. The third kappa shape index (κ3) is 3.47. The maximum absolute atomic E-state index is 9.60. The zero-order chi connectivity index (χ0) is 12.9. The van der Waals surface area contributed by atoms with Crippen molar-refractivity contribution in [1.82, 2.24) is 0 Å². The van der Waals surface area contributed by atoms with Crippen molar-refractivity contribution in [1.29, 1.82) is 0 Å². The topological polar surface area (TPSA) is 23.5 Å². The Balaban J connectivity index is 2.80. The quantitative estimate of drug-likeness (QED) is 0.818. The van der Waals surface area contributed by atoms with Gasteiger partial charge in [0.05, 0.1) is 6.61 Å². The summed E-state index contributed by atoms with van der Waals surface area (Å²) in [5, 5.41) is 9.60. The van der Waals surface area contributed by atoms with Gasteiger partial charge in [0.25, 0.3) is 0 Å². The molecule has 0 radical (unpaired) electrons. The van der Waals surface area contributed by atoms with Gasteiger partial charge in [-0.3, -0.25) is 0 Å². The molecule has 2 heteroatoms. The highest BCUT2D eigenvalue weighted by atomic mass is 16.3. The molecule has 17 heavy (non-hydrogen) atoms. The van der Waals surface area contributed by atoms with Gasteiger partial charge in [0.2, 0.25) is 0 Å². The molecule has 0 amide bonds. The van der Waals surface area contributed by atoms with Crippen LogP contribution in [0.3, 0.4) is 0 Å². The number of benzene rings is 1. The Morgan fingerprint density at radius 1 is 1.24 bits per heavy atom. The molecule has 0 atom stereocenters. The average Bonchev–Trinajstić information content (AvgIpc) is 2.36. The van der Waals surface area contributed by atoms with Crippen LogP contribution >= 0.6 is 0 Å². The molecular weight excluding hydrogens is 210 g/mol. The van der Waals surface area contributed by atoms with Gasteiger partial charge in [-0.1, -0.05) is 26.0 Å². The fraction of sp³-hybridized carbons (Fsp3) is 0.600. The molecule has 0 spiro atoms. The van der Waals surface area contributed by atoms with Crippen LogP contribution in [0.4, 0.5) is 5.69 Å². The second-order valence-electron chi connectivity index (χ2n) is 5.06. The summed E-state index contributed by atoms with van der Waals surface area (Å²) >= 11 is 0. The number of aryl methyl sites for hydroxylation is 1. The second-order valence-corrected chi connectivity index (χ2v) is 5.06. The molecule has 2 nitrogen and oxygen atoms in total. The van der Waals surface area contributed by atoms with E-state index >= 15 is 0 Å². The maximum Gasteiger partial charge on any atom is 0.0504 e. The van der Waals surface area contributed by atoms with E-state index in [9.17, 15) is 5.11 Å². The first-order valence-corrected chi connectivity index (χ1v) is 6.45. The molecule has 0 aliphatic carbocycles. The van der Waals surface area contributed by atoms with Gasteiger partial charge in [0, 0.05) is 24.7 Å². The molecule has 0 saturated heterocycles. The molecule has 1 aromatic rings. The van der Waals surface area contributed by atoms with Crippen LogP contribution in [0.2, 0.25) is 0 Å². The zero-order valence-corrected chi connectivity index (χ0v) is 11.5. The number of nitrogens with zero attached hydrogens (tertiary/aromatic N) is 1. The maximum atomic E-state index is 9.60. The van der Waals surface area contributed by atoms with Gasteiger partial charge in [-0.05, 0) is 37.5 Å². The van der Waals surface area contributed by atoms with E-state index < -0.39 is 0 Å². The van der Waals surface area contributed by atoms with Crippen LogP contribution in [0.1, 0.15) is 32.3 Å². The first-order chi connectivity index (χ1) is 8.06. The molecule has 0 heterocycles. The Kier molecular flexibility index (Phi) is 5.01. The molecule has 0 aromatic heterocycles. The fourth-order valence-corrected chi connectivity index (χ4v) is 2.21.